The first-order valence-electron chi connectivity index (χ1n) is 7.85. The first-order chi connectivity index (χ1) is 12.2. The minimum Gasteiger partial charge on any atom is -0.493 e. The number of thiophene rings is 1. The van der Waals surface area contributed by atoms with Crippen molar-refractivity contribution in [2.45, 2.75) is 13.8 Å². The highest BCUT2D eigenvalue weighted by Gasteiger charge is 2.13. The van der Waals surface area contributed by atoms with Crippen LogP contribution in [-0.2, 0) is 0 Å². The van der Waals surface area contributed by atoms with Gasteiger partial charge in [0, 0.05) is 10.4 Å². The highest BCUT2D eigenvalue weighted by Crippen LogP contribution is 2.28. The van der Waals surface area contributed by atoms with E-state index in [4.69, 9.17) is 4.74 Å². The lowest BCUT2D eigenvalue weighted by Gasteiger charge is -2.07. The van der Waals surface area contributed by atoms with E-state index in [0.29, 0.717) is 18.0 Å². The highest BCUT2D eigenvalue weighted by atomic mass is 32.1. The molecule has 3 aromatic rings. The zero-order chi connectivity index (χ0) is 17.6. The fourth-order valence-corrected chi connectivity index (χ4v) is 2.95. The molecule has 0 fully saturated rings. The van der Waals surface area contributed by atoms with Crippen molar-refractivity contribution in [1.29, 1.82) is 0 Å². The van der Waals surface area contributed by atoms with Gasteiger partial charge in [-0.1, -0.05) is 18.2 Å². The third-order valence-corrected chi connectivity index (χ3v) is 4.47. The first kappa shape index (κ1) is 16.9. The van der Waals surface area contributed by atoms with Gasteiger partial charge in [-0.2, -0.15) is 10.2 Å². The molecule has 6 nitrogen and oxygen atoms in total. The Morgan fingerprint density at radius 1 is 1.32 bits per heavy atom. The third-order valence-electron chi connectivity index (χ3n) is 3.49. The normalized spacial score (nSPS) is 11.4. The zero-order valence-electron chi connectivity index (χ0n) is 13.9. The predicted octanol–water partition coefficient (Wildman–Crippen LogP) is 3.69. The molecule has 25 heavy (non-hydrogen) atoms. The maximum atomic E-state index is 12.3. The molecule has 0 aliphatic rings. The summed E-state index contributed by atoms with van der Waals surface area (Å²) < 4.78 is 5.61. The Hall–Kier alpha value is -2.93. The standard InChI is InChI=1S/C18H18N4O2S/c1-3-24-16-8-5-4-7-13(16)14-11-15(21-20-14)18(23)22-19-12(2)17-9-6-10-25-17/h4-11H,3H2,1-2H3,(H,20,21)(H,22,23)/b19-12-. The summed E-state index contributed by atoms with van der Waals surface area (Å²) in [5.74, 6) is 0.388. The van der Waals surface area contributed by atoms with Gasteiger partial charge in [-0.25, -0.2) is 5.43 Å². The Morgan fingerprint density at radius 3 is 2.92 bits per heavy atom. The number of benzene rings is 1. The second-order valence-electron chi connectivity index (χ2n) is 5.21. The minimum absolute atomic E-state index is 0.337. The number of carbonyl (C=O) groups is 1. The topological polar surface area (TPSA) is 79.4 Å². The fraction of sp³-hybridized carbons (Fsp3) is 0.167. The van der Waals surface area contributed by atoms with Gasteiger partial charge in [0.1, 0.15) is 11.4 Å². The summed E-state index contributed by atoms with van der Waals surface area (Å²) in [6.07, 6.45) is 0. The SMILES string of the molecule is CCOc1ccccc1-c1cc(C(=O)N/N=C(/C)c2cccs2)[nH]n1. The summed E-state index contributed by atoms with van der Waals surface area (Å²) in [5.41, 5.74) is 5.11. The lowest BCUT2D eigenvalue weighted by Crippen LogP contribution is -2.19. The van der Waals surface area contributed by atoms with Gasteiger partial charge in [-0.3, -0.25) is 9.89 Å². The van der Waals surface area contributed by atoms with E-state index in [1.807, 2.05) is 55.6 Å². The van der Waals surface area contributed by atoms with E-state index in [1.165, 1.54) is 0 Å². The number of hydrogen-bond donors (Lipinski definition) is 2. The van der Waals surface area contributed by atoms with Crippen molar-refractivity contribution >= 4 is 23.0 Å². The Morgan fingerprint density at radius 2 is 2.16 bits per heavy atom. The van der Waals surface area contributed by atoms with E-state index in [-0.39, 0.29) is 5.91 Å². The van der Waals surface area contributed by atoms with Crippen molar-refractivity contribution in [1.82, 2.24) is 15.6 Å². The molecule has 0 aliphatic carbocycles. The molecule has 0 radical (unpaired) electrons. The van der Waals surface area contributed by atoms with E-state index in [1.54, 1.807) is 17.4 Å². The number of H-pyrrole nitrogens is 1. The van der Waals surface area contributed by atoms with Crippen molar-refractivity contribution in [3.63, 3.8) is 0 Å². The Bertz CT molecular complexity index is 884. The summed E-state index contributed by atoms with van der Waals surface area (Å²) in [6.45, 7) is 4.34. The molecule has 7 heteroatoms. The third kappa shape index (κ3) is 3.95. The molecule has 2 N–H and O–H groups in total. The van der Waals surface area contributed by atoms with Crippen LogP contribution in [0.4, 0.5) is 0 Å². The molecular formula is C18H18N4O2S. The van der Waals surface area contributed by atoms with Gasteiger partial charge in [0.15, 0.2) is 0 Å². The molecule has 2 heterocycles. The molecule has 128 valence electrons. The summed E-state index contributed by atoms with van der Waals surface area (Å²) in [7, 11) is 0. The molecule has 3 rings (SSSR count). The number of amides is 1. The van der Waals surface area contributed by atoms with Crippen LogP contribution in [-0.4, -0.2) is 28.4 Å². The van der Waals surface area contributed by atoms with Crippen LogP contribution in [0.5, 0.6) is 5.75 Å². The summed E-state index contributed by atoms with van der Waals surface area (Å²) in [4.78, 5) is 13.3. The lowest BCUT2D eigenvalue weighted by molar-refractivity contribution is 0.0950. The number of para-hydroxylation sites is 1. The van der Waals surface area contributed by atoms with Crippen LogP contribution in [0.25, 0.3) is 11.3 Å². The zero-order valence-corrected chi connectivity index (χ0v) is 14.8. The number of nitrogens with one attached hydrogen (secondary N) is 2. The molecule has 0 aliphatic heterocycles. The Balaban J connectivity index is 1.75. The van der Waals surface area contributed by atoms with Gasteiger partial charge >= 0.3 is 0 Å². The number of carbonyl (C=O) groups excluding carboxylic acids is 1. The largest absolute Gasteiger partial charge is 0.493 e. The first-order valence-corrected chi connectivity index (χ1v) is 8.73. The van der Waals surface area contributed by atoms with Gasteiger partial charge < -0.3 is 4.74 Å². The summed E-state index contributed by atoms with van der Waals surface area (Å²) >= 11 is 1.57. The van der Waals surface area contributed by atoms with Crippen molar-refractivity contribution < 1.29 is 9.53 Å². The Labute approximate surface area is 149 Å². The van der Waals surface area contributed by atoms with E-state index in [2.05, 4.69) is 20.7 Å². The van der Waals surface area contributed by atoms with Gasteiger partial charge in [-0.05, 0) is 43.5 Å². The Kier molecular flexibility index (Phi) is 5.25. The van der Waals surface area contributed by atoms with Gasteiger partial charge in [-0.15, -0.1) is 11.3 Å². The van der Waals surface area contributed by atoms with E-state index in [9.17, 15) is 4.79 Å². The molecule has 2 aromatic heterocycles. The number of hydrogen-bond acceptors (Lipinski definition) is 5. The lowest BCUT2D eigenvalue weighted by atomic mass is 10.1. The molecule has 1 aromatic carbocycles. The quantitative estimate of drug-likeness (QED) is 0.523. The number of aromatic amines is 1. The highest BCUT2D eigenvalue weighted by molar-refractivity contribution is 7.12. The molecular weight excluding hydrogens is 336 g/mol. The van der Waals surface area contributed by atoms with Gasteiger partial charge in [0.2, 0.25) is 0 Å². The molecule has 1 amide bonds. The minimum atomic E-state index is -0.344. The van der Waals surface area contributed by atoms with E-state index in [0.717, 1.165) is 21.9 Å². The fourth-order valence-electron chi connectivity index (χ4n) is 2.27. The second kappa shape index (κ2) is 7.76. The van der Waals surface area contributed by atoms with Crippen LogP contribution >= 0.6 is 11.3 Å². The van der Waals surface area contributed by atoms with Crippen LogP contribution in [0.1, 0.15) is 29.2 Å². The molecule has 0 saturated carbocycles. The van der Waals surface area contributed by atoms with Crippen molar-refractivity contribution in [2.75, 3.05) is 6.61 Å². The average Bonchev–Trinajstić information content (AvgIpc) is 3.32. The van der Waals surface area contributed by atoms with Crippen LogP contribution in [0.3, 0.4) is 0 Å². The van der Waals surface area contributed by atoms with Crippen LogP contribution < -0.4 is 10.2 Å². The van der Waals surface area contributed by atoms with Crippen molar-refractivity contribution in [3.8, 4) is 17.0 Å². The van der Waals surface area contributed by atoms with E-state index < -0.39 is 0 Å². The summed E-state index contributed by atoms with van der Waals surface area (Å²) in [6, 6.07) is 13.2. The number of hydrazone groups is 1. The summed E-state index contributed by atoms with van der Waals surface area (Å²) in [5, 5.41) is 13.1. The average molecular weight is 354 g/mol. The van der Waals surface area contributed by atoms with Crippen LogP contribution in [0, 0.1) is 0 Å². The number of rotatable bonds is 6. The maximum absolute atomic E-state index is 12.3. The van der Waals surface area contributed by atoms with E-state index >= 15 is 0 Å². The molecule has 0 bridgehead atoms. The predicted molar refractivity (Wildman–Crippen MR) is 99.2 cm³/mol. The smallest absolute Gasteiger partial charge is 0.289 e. The monoisotopic (exact) mass is 354 g/mol. The van der Waals surface area contributed by atoms with Gasteiger partial charge in [0.25, 0.3) is 5.91 Å². The van der Waals surface area contributed by atoms with Crippen LogP contribution in [0.15, 0.2) is 52.9 Å². The number of nitrogens with zero attached hydrogens (tertiary/aromatic N) is 2. The number of aromatic nitrogens is 2. The van der Waals surface area contributed by atoms with Crippen LogP contribution in [0.2, 0.25) is 0 Å². The van der Waals surface area contributed by atoms with Gasteiger partial charge in [0.05, 0.1) is 18.0 Å². The maximum Gasteiger partial charge on any atom is 0.289 e. The second-order valence-corrected chi connectivity index (χ2v) is 6.16. The molecule has 0 atom stereocenters. The van der Waals surface area contributed by atoms with Crippen molar-refractivity contribution in [3.05, 3.63) is 58.4 Å². The number of ether oxygens (including phenoxy) is 1. The molecule has 0 saturated heterocycles. The molecule has 0 spiro atoms. The van der Waals surface area contributed by atoms with Crippen molar-refractivity contribution in [2.24, 2.45) is 5.10 Å². The molecule has 0 unspecified atom stereocenters.